The van der Waals surface area contributed by atoms with Gasteiger partial charge in [-0.1, -0.05) is 12.2 Å². The zero-order valence-corrected chi connectivity index (χ0v) is 20.4. The van der Waals surface area contributed by atoms with Crippen molar-refractivity contribution in [3.05, 3.63) is 65.1 Å². The second-order valence-electron chi connectivity index (χ2n) is 8.03. The molecule has 0 aliphatic carbocycles. The van der Waals surface area contributed by atoms with Crippen LogP contribution in [0.1, 0.15) is 56.3 Å². The Morgan fingerprint density at radius 3 is 2.67 bits per heavy atom. The third kappa shape index (κ3) is 5.30. The summed E-state index contributed by atoms with van der Waals surface area (Å²) < 4.78 is 13.2. The van der Waals surface area contributed by atoms with Gasteiger partial charge in [0.25, 0.3) is 0 Å². The molecule has 0 aliphatic rings. The van der Waals surface area contributed by atoms with Gasteiger partial charge in [0.05, 0.1) is 42.4 Å². The average Bonchev–Trinajstić information content (AvgIpc) is 3.16. The molecule has 0 bridgehead atoms. The lowest BCUT2D eigenvalue weighted by molar-refractivity contribution is 0.230. The maximum Gasteiger partial charge on any atom is 0.222 e. The predicted molar refractivity (Wildman–Crippen MR) is 134 cm³/mol. The molecule has 174 valence electrons. The minimum absolute atomic E-state index is 0.213. The summed E-state index contributed by atoms with van der Waals surface area (Å²) in [7, 11) is 1.65. The summed E-state index contributed by atoms with van der Waals surface area (Å²) in [5, 5.41) is 4.80. The van der Waals surface area contributed by atoms with E-state index in [1.54, 1.807) is 13.3 Å². The molecule has 7 heteroatoms. The number of aliphatic imine (C=N–C) groups is 1. The van der Waals surface area contributed by atoms with Crippen LogP contribution in [0.15, 0.2) is 47.6 Å². The van der Waals surface area contributed by atoms with Crippen molar-refractivity contribution in [2.24, 2.45) is 4.99 Å². The van der Waals surface area contributed by atoms with Gasteiger partial charge < -0.3 is 9.47 Å². The highest BCUT2D eigenvalue weighted by atomic mass is 16.5. The molecule has 0 saturated carbocycles. The third-order valence-corrected chi connectivity index (χ3v) is 5.34. The number of ether oxygens (including phenoxy) is 2. The Balaban J connectivity index is 2.19. The number of methoxy groups -OCH3 is 1. The Labute approximate surface area is 195 Å². The molecule has 0 fully saturated rings. The van der Waals surface area contributed by atoms with Crippen molar-refractivity contribution in [1.29, 1.82) is 0 Å². The summed E-state index contributed by atoms with van der Waals surface area (Å²) in [4.78, 5) is 13.4. The monoisotopic (exact) mass is 447 g/mol. The maximum atomic E-state index is 5.76. The summed E-state index contributed by atoms with van der Waals surface area (Å²) in [5.74, 6) is 1.23. The first kappa shape index (κ1) is 24.2. The van der Waals surface area contributed by atoms with Gasteiger partial charge in [0.2, 0.25) is 5.88 Å². The van der Waals surface area contributed by atoms with E-state index >= 15 is 0 Å². The first-order valence-electron chi connectivity index (χ1n) is 11.3. The third-order valence-electron chi connectivity index (χ3n) is 5.34. The number of hydrogen-bond donors (Lipinski definition) is 0. The number of pyridine rings is 2. The van der Waals surface area contributed by atoms with Gasteiger partial charge in [-0.05, 0) is 77.4 Å². The molecule has 0 spiro atoms. The fourth-order valence-corrected chi connectivity index (χ4v) is 3.83. The molecule has 0 aliphatic heterocycles. The Kier molecular flexibility index (Phi) is 7.98. The van der Waals surface area contributed by atoms with Gasteiger partial charge in [0, 0.05) is 12.2 Å². The summed E-state index contributed by atoms with van der Waals surface area (Å²) in [6.45, 7) is 14.4. The highest BCUT2D eigenvalue weighted by Gasteiger charge is 2.19. The van der Waals surface area contributed by atoms with Crippen LogP contribution in [0.2, 0.25) is 0 Å². The van der Waals surface area contributed by atoms with Gasteiger partial charge in [-0.2, -0.15) is 5.10 Å². The first-order valence-corrected chi connectivity index (χ1v) is 11.3. The second kappa shape index (κ2) is 10.9. The predicted octanol–water partition coefficient (Wildman–Crippen LogP) is 5.49. The molecule has 0 radical (unpaired) electrons. The van der Waals surface area contributed by atoms with Gasteiger partial charge in [-0.25, -0.2) is 9.98 Å². The van der Waals surface area contributed by atoms with Gasteiger partial charge in [-0.15, -0.1) is 0 Å². The number of fused-ring (bicyclic) bond motifs is 1. The highest BCUT2D eigenvalue weighted by molar-refractivity contribution is 5.85. The molecular weight excluding hydrogens is 414 g/mol. The molecule has 7 nitrogen and oxygen atoms in total. The van der Waals surface area contributed by atoms with Crippen LogP contribution in [-0.2, 0) is 17.6 Å². The lowest BCUT2D eigenvalue weighted by Crippen LogP contribution is -2.06. The van der Waals surface area contributed by atoms with E-state index in [0.29, 0.717) is 12.5 Å². The van der Waals surface area contributed by atoms with Crippen molar-refractivity contribution in [3.63, 3.8) is 0 Å². The molecule has 0 saturated heterocycles. The topological polar surface area (TPSA) is 74.4 Å². The van der Waals surface area contributed by atoms with Crippen LogP contribution in [0.3, 0.4) is 0 Å². The largest absolute Gasteiger partial charge is 0.495 e. The Hall–Kier alpha value is -3.48. The molecule has 3 aromatic heterocycles. The minimum Gasteiger partial charge on any atom is -0.495 e. The van der Waals surface area contributed by atoms with E-state index in [9.17, 15) is 0 Å². The number of allylic oxidation sites excluding steroid dienone is 3. The highest BCUT2D eigenvalue weighted by Crippen LogP contribution is 2.30. The number of rotatable bonds is 10. The lowest BCUT2D eigenvalue weighted by atomic mass is 10.0. The van der Waals surface area contributed by atoms with E-state index in [0.717, 1.165) is 57.7 Å². The van der Waals surface area contributed by atoms with Crippen LogP contribution in [-0.4, -0.2) is 40.2 Å². The molecule has 3 heterocycles. The van der Waals surface area contributed by atoms with Crippen LogP contribution < -0.4 is 4.74 Å². The molecule has 0 N–H and O–H groups in total. The standard InChI is InChI=1S/C26H33N5O2/c1-8-10-22(26(27-6)33-9-2)23-14-20(12-11-19-13-21(32-7)16-28-15-19)25-24(29-23)18(5)30-31(25)17(3)4/h8,10,13-17H,6,9,11-12H2,1-5,7H3/b10-8-,26-22-. The van der Waals surface area contributed by atoms with Crippen molar-refractivity contribution >= 4 is 23.3 Å². The van der Waals surface area contributed by atoms with Crippen LogP contribution in [0.5, 0.6) is 5.75 Å². The Morgan fingerprint density at radius 2 is 2.03 bits per heavy atom. The molecule has 0 amide bonds. The fraction of sp³-hybridized carbons (Fsp3) is 0.385. The summed E-state index contributed by atoms with van der Waals surface area (Å²) in [6.07, 6.45) is 9.13. The van der Waals surface area contributed by atoms with Gasteiger partial charge >= 0.3 is 0 Å². The fourth-order valence-electron chi connectivity index (χ4n) is 3.83. The van der Waals surface area contributed by atoms with E-state index in [4.69, 9.17) is 19.6 Å². The number of hydrogen-bond acceptors (Lipinski definition) is 6. The number of aryl methyl sites for hydroxylation is 3. The van der Waals surface area contributed by atoms with Gasteiger partial charge in [-0.3, -0.25) is 9.67 Å². The average molecular weight is 448 g/mol. The molecule has 0 unspecified atom stereocenters. The summed E-state index contributed by atoms with van der Waals surface area (Å²) >= 11 is 0. The van der Waals surface area contributed by atoms with E-state index in [-0.39, 0.29) is 6.04 Å². The smallest absolute Gasteiger partial charge is 0.222 e. The van der Waals surface area contributed by atoms with Crippen molar-refractivity contribution in [1.82, 2.24) is 19.7 Å². The van der Waals surface area contributed by atoms with E-state index < -0.39 is 0 Å². The van der Waals surface area contributed by atoms with Crippen LogP contribution >= 0.6 is 0 Å². The Morgan fingerprint density at radius 1 is 1.24 bits per heavy atom. The molecule has 0 aromatic carbocycles. The molecule has 3 rings (SSSR count). The van der Waals surface area contributed by atoms with Gasteiger partial charge in [0.15, 0.2) is 0 Å². The van der Waals surface area contributed by atoms with Crippen LogP contribution in [0.4, 0.5) is 0 Å². The molecule has 0 atom stereocenters. The first-order chi connectivity index (χ1) is 15.9. The van der Waals surface area contributed by atoms with Gasteiger partial charge in [0.1, 0.15) is 11.3 Å². The maximum absolute atomic E-state index is 5.76. The number of nitrogens with zero attached hydrogens (tertiary/aromatic N) is 5. The second-order valence-corrected chi connectivity index (χ2v) is 8.03. The number of aromatic nitrogens is 4. The van der Waals surface area contributed by atoms with E-state index in [1.807, 2.05) is 45.2 Å². The Bertz CT molecular complexity index is 1190. The minimum atomic E-state index is 0.213. The van der Waals surface area contributed by atoms with E-state index in [1.165, 1.54) is 0 Å². The van der Waals surface area contributed by atoms with Crippen molar-refractivity contribution in [2.45, 2.75) is 53.5 Å². The van der Waals surface area contributed by atoms with Crippen molar-refractivity contribution in [2.75, 3.05) is 13.7 Å². The normalized spacial score (nSPS) is 12.5. The quantitative estimate of drug-likeness (QED) is 0.233. The molecule has 3 aromatic rings. The summed E-state index contributed by atoms with van der Waals surface area (Å²) in [6, 6.07) is 4.36. The zero-order chi connectivity index (χ0) is 24.0. The van der Waals surface area contributed by atoms with Crippen molar-refractivity contribution < 1.29 is 9.47 Å². The van der Waals surface area contributed by atoms with Crippen LogP contribution in [0.25, 0.3) is 16.6 Å². The van der Waals surface area contributed by atoms with E-state index in [2.05, 4.69) is 41.3 Å². The van der Waals surface area contributed by atoms with Crippen molar-refractivity contribution in [3.8, 4) is 5.75 Å². The zero-order valence-electron chi connectivity index (χ0n) is 20.4. The summed E-state index contributed by atoms with van der Waals surface area (Å²) in [5.41, 5.74) is 6.72. The molecule has 33 heavy (non-hydrogen) atoms. The molecular formula is C26H33N5O2. The lowest BCUT2D eigenvalue weighted by Gasteiger charge is -2.14. The SMILES string of the molecule is C=N/C(OCC)=C(\C=C/C)c1cc(CCc2cncc(OC)c2)c2c(n1)c(C)nn2C(C)C. The van der Waals surface area contributed by atoms with Crippen LogP contribution in [0, 0.1) is 6.92 Å².